The molecule has 0 radical (unpaired) electrons. The fourth-order valence-electron chi connectivity index (χ4n) is 1.02. The van der Waals surface area contributed by atoms with Crippen LogP contribution in [0, 0.1) is 11.8 Å². The van der Waals surface area contributed by atoms with Crippen molar-refractivity contribution in [3.63, 3.8) is 0 Å². The molecular formula is C9H13N3. The summed E-state index contributed by atoms with van der Waals surface area (Å²) in [4.78, 5) is 0. The summed E-state index contributed by atoms with van der Waals surface area (Å²) in [7, 11) is 0. The molecular weight excluding hydrogens is 150 g/mol. The molecule has 1 heterocycles. The van der Waals surface area contributed by atoms with Gasteiger partial charge in [-0.2, -0.15) is 5.10 Å². The largest absolute Gasteiger partial charge is 0.325 e. The second kappa shape index (κ2) is 4.58. The van der Waals surface area contributed by atoms with Gasteiger partial charge in [0, 0.05) is 19.2 Å². The van der Waals surface area contributed by atoms with Gasteiger partial charge < -0.3 is 5.73 Å². The Balaban J connectivity index is 2.54. The molecule has 0 saturated carbocycles. The van der Waals surface area contributed by atoms with Crippen LogP contribution >= 0.6 is 0 Å². The summed E-state index contributed by atoms with van der Waals surface area (Å²) in [6.45, 7) is 3.22. The van der Waals surface area contributed by atoms with Crippen LogP contribution in [-0.2, 0) is 13.1 Å². The van der Waals surface area contributed by atoms with E-state index in [1.165, 1.54) is 0 Å². The molecule has 1 aromatic rings. The topological polar surface area (TPSA) is 43.8 Å². The first-order valence-electron chi connectivity index (χ1n) is 3.99. The van der Waals surface area contributed by atoms with Crippen molar-refractivity contribution in [3.8, 4) is 11.8 Å². The average Bonchev–Trinajstić information content (AvgIpc) is 2.52. The number of hydrogen-bond donors (Lipinski definition) is 1. The molecule has 0 aliphatic carbocycles. The minimum absolute atomic E-state index is 0.541. The summed E-state index contributed by atoms with van der Waals surface area (Å²) in [5.74, 6) is 5.83. The molecule has 2 N–H and O–H groups in total. The van der Waals surface area contributed by atoms with Crippen molar-refractivity contribution in [2.24, 2.45) is 5.73 Å². The van der Waals surface area contributed by atoms with Crippen molar-refractivity contribution in [2.45, 2.75) is 26.4 Å². The van der Waals surface area contributed by atoms with Crippen LogP contribution in [0.5, 0.6) is 0 Å². The fraction of sp³-hybridized carbons (Fsp3) is 0.444. The lowest BCUT2D eigenvalue weighted by Gasteiger charge is -2.01. The first-order valence-corrected chi connectivity index (χ1v) is 3.99. The summed E-state index contributed by atoms with van der Waals surface area (Å²) in [5, 5.41) is 4.13. The molecule has 12 heavy (non-hydrogen) atoms. The van der Waals surface area contributed by atoms with Gasteiger partial charge >= 0.3 is 0 Å². The molecule has 0 spiro atoms. The van der Waals surface area contributed by atoms with Crippen molar-refractivity contribution in [1.29, 1.82) is 0 Å². The highest BCUT2D eigenvalue weighted by Crippen LogP contribution is 1.97. The van der Waals surface area contributed by atoms with Gasteiger partial charge in [-0.1, -0.05) is 0 Å². The van der Waals surface area contributed by atoms with Crippen LogP contribution in [0.3, 0.4) is 0 Å². The van der Waals surface area contributed by atoms with E-state index < -0.39 is 0 Å². The molecule has 64 valence electrons. The van der Waals surface area contributed by atoms with E-state index >= 15 is 0 Å². The van der Waals surface area contributed by atoms with E-state index in [0.717, 1.165) is 18.7 Å². The SMILES string of the molecule is CC#CCCn1nccc1CN. The minimum atomic E-state index is 0.541. The maximum absolute atomic E-state index is 5.50. The minimum Gasteiger partial charge on any atom is -0.325 e. The number of aryl methyl sites for hydroxylation is 1. The highest BCUT2D eigenvalue weighted by atomic mass is 15.3. The maximum atomic E-state index is 5.50. The Morgan fingerprint density at radius 3 is 3.17 bits per heavy atom. The zero-order valence-electron chi connectivity index (χ0n) is 7.25. The number of nitrogens with two attached hydrogens (primary N) is 1. The van der Waals surface area contributed by atoms with Gasteiger partial charge in [-0.3, -0.25) is 4.68 Å². The number of nitrogens with zero attached hydrogens (tertiary/aromatic N) is 2. The third-order valence-corrected chi connectivity index (χ3v) is 1.64. The normalized spacial score (nSPS) is 9.17. The van der Waals surface area contributed by atoms with E-state index in [2.05, 4.69) is 16.9 Å². The predicted octanol–water partition coefficient (Wildman–Crippen LogP) is 0.755. The van der Waals surface area contributed by atoms with E-state index in [1.807, 2.05) is 17.7 Å². The molecule has 3 nitrogen and oxygen atoms in total. The van der Waals surface area contributed by atoms with Crippen LogP contribution in [0.4, 0.5) is 0 Å². The van der Waals surface area contributed by atoms with Crippen LogP contribution in [0.1, 0.15) is 19.0 Å². The third-order valence-electron chi connectivity index (χ3n) is 1.64. The molecule has 0 unspecified atom stereocenters. The van der Waals surface area contributed by atoms with Crippen molar-refractivity contribution in [2.75, 3.05) is 0 Å². The van der Waals surface area contributed by atoms with Crippen LogP contribution in [0.2, 0.25) is 0 Å². The van der Waals surface area contributed by atoms with Gasteiger partial charge in [-0.15, -0.1) is 11.8 Å². The zero-order chi connectivity index (χ0) is 8.81. The number of rotatable bonds is 3. The van der Waals surface area contributed by atoms with E-state index in [4.69, 9.17) is 5.73 Å². The molecule has 0 atom stereocenters. The van der Waals surface area contributed by atoms with Crippen LogP contribution in [0.15, 0.2) is 12.3 Å². The lowest BCUT2D eigenvalue weighted by molar-refractivity contribution is 0.598. The molecule has 1 rings (SSSR count). The fourth-order valence-corrected chi connectivity index (χ4v) is 1.02. The van der Waals surface area contributed by atoms with Crippen LogP contribution in [-0.4, -0.2) is 9.78 Å². The molecule has 3 heteroatoms. The Morgan fingerprint density at radius 1 is 1.67 bits per heavy atom. The summed E-state index contributed by atoms with van der Waals surface area (Å²) in [6, 6.07) is 1.93. The highest BCUT2D eigenvalue weighted by Gasteiger charge is 1.97. The van der Waals surface area contributed by atoms with Crippen molar-refractivity contribution in [1.82, 2.24) is 9.78 Å². The van der Waals surface area contributed by atoms with Crippen molar-refractivity contribution in [3.05, 3.63) is 18.0 Å². The zero-order valence-corrected chi connectivity index (χ0v) is 7.25. The lowest BCUT2D eigenvalue weighted by atomic mass is 10.4. The predicted molar refractivity (Wildman–Crippen MR) is 48.2 cm³/mol. The van der Waals surface area contributed by atoms with Gasteiger partial charge in [0.05, 0.1) is 12.2 Å². The van der Waals surface area contributed by atoms with Gasteiger partial charge in [-0.25, -0.2) is 0 Å². The number of aromatic nitrogens is 2. The molecule has 0 bridgehead atoms. The second-order valence-corrected chi connectivity index (χ2v) is 2.43. The second-order valence-electron chi connectivity index (χ2n) is 2.43. The molecule has 0 amide bonds. The molecule has 0 aliphatic heterocycles. The third kappa shape index (κ3) is 2.11. The summed E-state index contributed by atoms with van der Waals surface area (Å²) in [5.41, 5.74) is 6.57. The van der Waals surface area contributed by atoms with E-state index in [9.17, 15) is 0 Å². The molecule has 0 saturated heterocycles. The maximum Gasteiger partial charge on any atom is 0.0522 e. The molecule has 1 aromatic heterocycles. The Bertz CT molecular complexity index is 290. The van der Waals surface area contributed by atoms with Crippen LogP contribution in [0.25, 0.3) is 0 Å². The van der Waals surface area contributed by atoms with Crippen molar-refractivity contribution < 1.29 is 0 Å². The monoisotopic (exact) mass is 163 g/mol. The average molecular weight is 163 g/mol. The Kier molecular flexibility index (Phi) is 3.36. The summed E-state index contributed by atoms with van der Waals surface area (Å²) < 4.78 is 1.89. The Hall–Kier alpha value is -1.27. The van der Waals surface area contributed by atoms with E-state index in [0.29, 0.717) is 6.54 Å². The van der Waals surface area contributed by atoms with E-state index in [-0.39, 0.29) is 0 Å². The Morgan fingerprint density at radius 2 is 2.50 bits per heavy atom. The van der Waals surface area contributed by atoms with Gasteiger partial charge in [-0.05, 0) is 13.0 Å². The van der Waals surface area contributed by atoms with Gasteiger partial charge in [0.2, 0.25) is 0 Å². The van der Waals surface area contributed by atoms with Crippen molar-refractivity contribution >= 4 is 0 Å². The first kappa shape index (κ1) is 8.82. The van der Waals surface area contributed by atoms with Gasteiger partial charge in [0.15, 0.2) is 0 Å². The number of hydrogen-bond acceptors (Lipinski definition) is 2. The standard InChI is InChI=1S/C9H13N3/c1-2-3-4-7-12-9(8-10)5-6-11-12/h5-6H,4,7-8,10H2,1H3. The summed E-state index contributed by atoms with van der Waals surface area (Å²) in [6.07, 6.45) is 2.60. The van der Waals surface area contributed by atoms with Crippen LogP contribution < -0.4 is 5.73 Å². The summed E-state index contributed by atoms with van der Waals surface area (Å²) >= 11 is 0. The molecule has 0 aromatic carbocycles. The first-order chi connectivity index (χ1) is 5.88. The highest BCUT2D eigenvalue weighted by molar-refractivity contribution is 5.01. The van der Waals surface area contributed by atoms with Gasteiger partial charge in [0.25, 0.3) is 0 Å². The molecule has 0 fully saturated rings. The smallest absolute Gasteiger partial charge is 0.0522 e. The molecule has 0 aliphatic rings. The van der Waals surface area contributed by atoms with E-state index in [1.54, 1.807) is 6.20 Å². The Labute approximate surface area is 72.6 Å². The van der Waals surface area contributed by atoms with Gasteiger partial charge in [0.1, 0.15) is 0 Å². The quantitative estimate of drug-likeness (QED) is 0.668. The lowest BCUT2D eigenvalue weighted by Crippen LogP contribution is -2.08.